The van der Waals surface area contributed by atoms with Gasteiger partial charge in [-0.3, -0.25) is 9.78 Å². The monoisotopic (exact) mass is 331 g/mol. The summed E-state index contributed by atoms with van der Waals surface area (Å²) in [4.78, 5) is 18.9. The number of nitrogens with zero attached hydrogens (tertiary/aromatic N) is 3. The second kappa shape index (κ2) is 5.76. The number of nitrogen functional groups attached to an aromatic ring is 1. The van der Waals surface area contributed by atoms with Crippen LogP contribution in [0.1, 0.15) is 0 Å². The number of anilines is 1. The number of nitrogens with one attached hydrogen (secondary N) is 1. The van der Waals surface area contributed by atoms with Crippen molar-refractivity contribution in [1.82, 2.24) is 19.7 Å². The standard InChI is InChI=1S/C15H17N5O4/c1-20-13-10(14(21)18-15(16)17-13)11(19-20)7-5-8(22-2)12(24-4)9(6-7)23-3/h5-6H,1-4H3,(H3,16,17,18,21). The number of methoxy groups -OCH3 is 3. The first kappa shape index (κ1) is 15.7. The molecule has 9 heteroatoms. The number of aromatic nitrogens is 4. The van der Waals surface area contributed by atoms with Crippen LogP contribution in [0.15, 0.2) is 16.9 Å². The zero-order valence-corrected chi connectivity index (χ0v) is 13.7. The summed E-state index contributed by atoms with van der Waals surface area (Å²) in [7, 11) is 6.25. The van der Waals surface area contributed by atoms with E-state index in [4.69, 9.17) is 19.9 Å². The van der Waals surface area contributed by atoms with E-state index in [0.29, 0.717) is 39.5 Å². The van der Waals surface area contributed by atoms with Crippen molar-refractivity contribution in [3.8, 4) is 28.5 Å². The van der Waals surface area contributed by atoms with Crippen LogP contribution >= 0.6 is 0 Å². The van der Waals surface area contributed by atoms with E-state index in [-0.39, 0.29) is 11.5 Å². The van der Waals surface area contributed by atoms with Gasteiger partial charge in [-0.05, 0) is 12.1 Å². The zero-order valence-electron chi connectivity index (χ0n) is 13.7. The van der Waals surface area contributed by atoms with Gasteiger partial charge >= 0.3 is 0 Å². The van der Waals surface area contributed by atoms with E-state index in [9.17, 15) is 4.79 Å². The van der Waals surface area contributed by atoms with Crippen molar-refractivity contribution in [3.63, 3.8) is 0 Å². The first-order chi connectivity index (χ1) is 11.5. The lowest BCUT2D eigenvalue weighted by Gasteiger charge is -2.13. The van der Waals surface area contributed by atoms with Gasteiger partial charge < -0.3 is 19.9 Å². The Hall–Kier alpha value is -3.23. The van der Waals surface area contributed by atoms with E-state index < -0.39 is 0 Å². The van der Waals surface area contributed by atoms with Crippen molar-refractivity contribution in [2.45, 2.75) is 0 Å². The van der Waals surface area contributed by atoms with Crippen molar-refractivity contribution in [1.29, 1.82) is 0 Å². The highest BCUT2D eigenvalue weighted by molar-refractivity contribution is 5.91. The number of hydrogen-bond donors (Lipinski definition) is 2. The molecule has 0 unspecified atom stereocenters. The summed E-state index contributed by atoms with van der Waals surface area (Å²) in [5, 5.41) is 4.73. The van der Waals surface area contributed by atoms with Gasteiger partial charge in [-0.15, -0.1) is 0 Å². The molecular weight excluding hydrogens is 314 g/mol. The molecule has 0 aliphatic carbocycles. The molecule has 0 saturated heterocycles. The van der Waals surface area contributed by atoms with Crippen LogP contribution in [0, 0.1) is 0 Å². The van der Waals surface area contributed by atoms with Crippen LogP contribution in [0.3, 0.4) is 0 Å². The highest BCUT2D eigenvalue weighted by Crippen LogP contribution is 2.41. The Morgan fingerprint density at radius 2 is 1.75 bits per heavy atom. The number of hydrogen-bond acceptors (Lipinski definition) is 7. The van der Waals surface area contributed by atoms with Crippen molar-refractivity contribution < 1.29 is 14.2 Å². The molecule has 0 aliphatic rings. The topological polar surface area (TPSA) is 117 Å². The highest BCUT2D eigenvalue weighted by atomic mass is 16.5. The third-order valence-electron chi connectivity index (χ3n) is 3.65. The summed E-state index contributed by atoms with van der Waals surface area (Å²) in [6.07, 6.45) is 0. The maximum Gasteiger partial charge on any atom is 0.264 e. The molecule has 3 N–H and O–H groups in total. The number of fused-ring (bicyclic) bond motifs is 1. The summed E-state index contributed by atoms with van der Waals surface area (Å²) in [6.45, 7) is 0. The molecule has 0 amide bonds. The van der Waals surface area contributed by atoms with Crippen LogP contribution in [0.4, 0.5) is 5.95 Å². The van der Waals surface area contributed by atoms with Gasteiger partial charge in [0, 0.05) is 12.6 Å². The largest absolute Gasteiger partial charge is 0.493 e. The summed E-state index contributed by atoms with van der Waals surface area (Å²) in [6, 6.07) is 3.44. The number of nitrogens with two attached hydrogens (primary N) is 1. The molecule has 1 aromatic carbocycles. The van der Waals surface area contributed by atoms with Crippen molar-refractivity contribution in [3.05, 3.63) is 22.5 Å². The first-order valence-corrected chi connectivity index (χ1v) is 7.03. The maximum absolute atomic E-state index is 12.3. The van der Waals surface area contributed by atoms with Crippen LogP contribution in [-0.2, 0) is 7.05 Å². The molecule has 2 heterocycles. The van der Waals surface area contributed by atoms with Gasteiger partial charge in [-0.25, -0.2) is 4.68 Å². The summed E-state index contributed by atoms with van der Waals surface area (Å²) >= 11 is 0. The van der Waals surface area contributed by atoms with E-state index in [1.54, 1.807) is 19.2 Å². The van der Waals surface area contributed by atoms with Gasteiger partial charge in [-0.2, -0.15) is 10.1 Å². The minimum absolute atomic E-state index is 0.0342. The lowest BCUT2D eigenvalue weighted by molar-refractivity contribution is 0.324. The SMILES string of the molecule is COc1cc(-c2nn(C)c3nc(N)[nH]c(=O)c23)cc(OC)c1OC. The fourth-order valence-electron chi connectivity index (χ4n) is 2.59. The Morgan fingerprint density at radius 3 is 2.29 bits per heavy atom. The number of aryl methyl sites for hydroxylation is 1. The number of aromatic amines is 1. The molecule has 0 spiro atoms. The molecule has 9 nitrogen and oxygen atoms in total. The van der Waals surface area contributed by atoms with E-state index >= 15 is 0 Å². The predicted molar refractivity (Wildman–Crippen MR) is 88.6 cm³/mol. The maximum atomic E-state index is 12.3. The van der Waals surface area contributed by atoms with Crippen LogP contribution < -0.4 is 25.5 Å². The van der Waals surface area contributed by atoms with Crippen LogP contribution in [-0.4, -0.2) is 41.1 Å². The van der Waals surface area contributed by atoms with Gasteiger partial charge in [0.1, 0.15) is 11.1 Å². The highest BCUT2D eigenvalue weighted by Gasteiger charge is 2.20. The second-order valence-electron chi connectivity index (χ2n) is 5.04. The van der Waals surface area contributed by atoms with Crippen LogP contribution in [0.25, 0.3) is 22.3 Å². The summed E-state index contributed by atoms with van der Waals surface area (Å²) < 4.78 is 17.5. The summed E-state index contributed by atoms with van der Waals surface area (Å²) in [5.74, 6) is 1.42. The average Bonchev–Trinajstić information content (AvgIpc) is 2.90. The molecule has 0 fully saturated rings. The molecule has 0 saturated carbocycles. The zero-order chi connectivity index (χ0) is 17.4. The van der Waals surface area contributed by atoms with Crippen molar-refractivity contribution in [2.24, 2.45) is 7.05 Å². The molecule has 2 aromatic heterocycles. The lowest BCUT2D eigenvalue weighted by Crippen LogP contribution is -2.11. The van der Waals surface area contributed by atoms with Gasteiger partial charge in [0.2, 0.25) is 11.7 Å². The number of rotatable bonds is 4. The average molecular weight is 331 g/mol. The molecule has 126 valence electrons. The normalized spacial score (nSPS) is 10.8. The Labute approximate surface area is 137 Å². The molecular formula is C15H17N5O4. The van der Waals surface area contributed by atoms with E-state index in [2.05, 4.69) is 15.1 Å². The molecule has 3 aromatic rings. The van der Waals surface area contributed by atoms with Gasteiger partial charge in [0.05, 0.1) is 21.3 Å². The fraction of sp³-hybridized carbons (Fsp3) is 0.267. The number of benzene rings is 1. The van der Waals surface area contributed by atoms with Gasteiger partial charge in [0.15, 0.2) is 17.1 Å². The molecule has 0 aliphatic heterocycles. The Bertz CT molecular complexity index is 951. The van der Waals surface area contributed by atoms with Crippen LogP contribution in [0.2, 0.25) is 0 Å². The number of ether oxygens (including phenoxy) is 3. The van der Waals surface area contributed by atoms with Crippen molar-refractivity contribution in [2.75, 3.05) is 27.1 Å². The third kappa shape index (κ3) is 2.30. The van der Waals surface area contributed by atoms with E-state index in [0.717, 1.165) is 0 Å². The summed E-state index contributed by atoms with van der Waals surface area (Å²) in [5.41, 5.74) is 6.71. The van der Waals surface area contributed by atoms with Gasteiger partial charge in [0.25, 0.3) is 5.56 Å². The Morgan fingerprint density at radius 1 is 1.12 bits per heavy atom. The van der Waals surface area contributed by atoms with Crippen molar-refractivity contribution >= 4 is 17.0 Å². The smallest absolute Gasteiger partial charge is 0.264 e. The molecule has 24 heavy (non-hydrogen) atoms. The predicted octanol–water partition coefficient (Wildman–Crippen LogP) is 0.932. The van der Waals surface area contributed by atoms with E-state index in [1.807, 2.05) is 0 Å². The minimum atomic E-state index is -0.366. The third-order valence-corrected chi connectivity index (χ3v) is 3.65. The fourth-order valence-corrected chi connectivity index (χ4v) is 2.59. The Kier molecular flexibility index (Phi) is 3.76. The quantitative estimate of drug-likeness (QED) is 0.730. The molecule has 3 rings (SSSR count). The molecule has 0 bridgehead atoms. The minimum Gasteiger partial charge on any atom is -0.493 e. The first-order valence-electron chi connectivity index (χ1n) is 7.03. The van der Waals surface area contributed by atoms with Gasteiger partial charge in [-0.1, -0.05) is 0 Å². The van der Waals surface area contributed by atoms with Crippen LogP contribution in [0.5, 0.6) is 17.2 Å². The molecule has 0 radical (unpaired) electrons. The number of H-pyrrole nitrogens is 1. The Balaban J connectivity index is 2.34. The molecule has 0 atom stereocenters. The lowest BCUT2D eigenvalue weighted by atomic mass is 10.1. The van der Waals surface area contributed by atoms with E-state index in [1.165, 1.54) is 26.0 Å². The second-order valence-corrected chi connectivity index (χ2v) is 5.04.